The Bertz CT molecular complexity index is 465. The molecule has 2 aliphatic rings. The highest BCUT2D eigenvalue weighted by Gasteiger charge is 1.98. The average Bonchev–Trinajstić information content (AvgIpc) is 2.71. The highest BCUT2D eigenvalue weighted by Crippen LogP contribution is 2.11. The first-order chi connectivity index (χ1) is 5.95. The van der Waals surface area contributed by atoms with Gasteiger partial charge in [-0.25, -0.2) is 0 Å². The van der Waals surface area contributed by atoms with Gasteiger partial charge in [0.1, 0.15) is 0 Å². The fraction of sp³-hybridized carbons (Fsp3) is 0. The lowest BCUT2D eigenvalue weighted by Gasteiger charge is -2.05. The van der Waals surface area contributed by atoms with Gasteiger partial charge in [-0.3, -0.25) is 0 Å². The number of hydrogen-bond acceptors (Lipinski definition) is 0. The summed E-state index contributed by atoms with van der Waals surface area (Å²) in [5.41, 5.74) is 2.66. The molecule has 2 aliphatic carbocycles. The molecule has 3 rings (SSSR count). The summed E-state index contributed by atoms with van der Waals surface area (Å²) in [5, 5.41) is 2.54. The van der Waals surface area contributed by atoms with Crippen LogP contribution in [0.25, 0.3) is 24.3 Å². The maximum atomic E-state index is 3.20. The molecular weight excluding hydrogens is 144 g/mol. The molecule has 0 aromatic heterocycles. The zero-order valence-electron chi connectivity index (χ0n) is 6.54. The van der Waals surface area contributed by atoms with Crippen molar-refractivity contribution < 1.29 is 0 Å². The molecule has 0 atom stereocenters. The van der Waals surface area contributed by atoms with Crippen LogP contribution in [-0.4, -0.2) is 0 Å². The van der Waals surface area contributed by atoms with Gasteiger partial charge in [-0.05, 0) is 5.22 Å². The highest BCUT2D eigenvalue weighted by molar-refractivity contribution is 5.79. The molecule has 0 nitrogen and oxygen atoms in total. The average molecular weight is 151 g/mol. The number of allylic oxidation sites excluding steroid dienone is 2. The summed E-state index contributed by atoms with van der Waals surface area (Å²) in [7, 11) is 0. The minimum Gasteiger partial charge on any atom is -0.168 e. The van der Waals surface area contributed by atoms with E-state index in [0.717, 1.165) is 0 Å². The fourth-order valence-corrected chi connectivity index (χ4v) is 1.75. The largest absolute Gasteiger partial charge is 0.168 e. The van der Waals surface area contributed by atoms with Gasteiger partial charge in [-0.2, -0.15) is 17.4 Å². The molecule has 0 amide bonds. The molecule has 12 heavy (non-hydrogen) atoms. The van der Waals surface area contributed by atoms with Crippen molar-refractivity contribution in [1.82, 2.24) is 0 Å². The Morgan fingerprint density at radius 1 is 1.00 bits per heavy atom. The predicted octanol–water partition coefficient (Wildman–Crippen LogP) is 1.18. The Morgan fingerprint density at radius 3 is 3.00 bits per heavy atom. The van der Waals surface area contributed by atoms with E-state index in [1.165, 1.54) is 21.6 Å². The third kappa shape index (κ3) is 0.620. The third-order valence-electron chi connectivity index (χ3n) is 2.35. The summed E-state index contributed by atoms with van der Waals surface area (Å²) in [6.07, 6.45) is 13.7. The first-order valence-electron chi connectivity index (χ1n) is 4.07. The second-order valence-electron chi connectivity index (χ2n) is 3.03. The molecule has 1 aromatic rings. The molecule has 0 heteroatoms. The lowest BCUT2D eigenvalue weighted by molar-refractivity contribution is 1.51. The van der Waals surface area contributed by atoms with E-state index in [1.54, 1.807) is 0 Å². The normalized spacial score (nSPS) is 15.3. The van der Waals surface area contributed by atoms with E-state index in [1.807, 2.05) is 6.08 Å². The summed E-state index contributed by atoms with van der Waals surface area (Å²) < 4.78 is 0. The smallest absolute Gasteiger partial charge is 0.0370 e. The van der Waals surface area contributed by atoms with E-state index >= 15 is 0 Å². The van der Waals surface area contributed by atoms with E-state index < -0.39 is 0 Å². The van der Waals surface area contributed by atoms with Crippen LogP contribution in [0.2, 0.25) is 0 Å². The van der Waals surface area contributed by atoms with Gasteiger partial charge >= 0.3 is 0 Å². The van der Waals surface area contributed by atoms with E-state index in [0.29, 0.717) is 0 Å². The van der Waals surface area contributed by atoms with Crippen LogP contribution in [0.1, 0.15) is 11.1 Å². The van der Waals surface area contributed by atoms with Crippen LogP contribution in [0.4, 0.5) is 0 Å². The van der Waals surface area contributed by atoms with Gasteiger partial charge in [0.15, 0.2) is 0 Å². The molecule has 0 heterocycles. The van der Waals surface area contributed by atoms with Gasteiger partial charge in [-0.15, -0.1) is 17.7 Å². The maximum Gasteiger partial charge on any atom is -0.0370 e. The molecule has 0 spiro atoms. The zero-order valence-corrected chi connectivity index (χ0v) is 6.54. The molecular formula is C12H7-. The Labute approximate surface area is 70.9 Å². The van der Waals surface area contributed by atoms with Crippen LogP contribution < -0.4 is 10.4 Å². The minimum atomic E-state index is 1.22. The third-order valence-corrected chi connectivity index (χ3v) is 2.35. The molecule has 0 fully saturated rings. The van der Waals surface area contributed by atoms with Crippen LogP contribution >= 0.6 is 0 Å². The first kappa shape index (κ1) is 6.01. The van der Waals surface area contributed by atoms with Crippen molar-refractivity contribution >= 4 is 24.3 Å². The summed E-state index contributed by atoms with van der Waals surface area (Å²) in [4.78, 5) is 0. The van der Waals surface area contributed by atoms with Gasteiger partial charge in [0, 0.05) is 0 Å². The van der Waals surface area contributed by atoms with E-state index in [4.69, 9.17) is 0 Å². The Balaban J connectivity index is 2.57. The molecule has 0 unspecified atom stereocenters. The quantitative estimate of drug-likeness (QED) is 0.488. The molecule has 0 saturated carbocycles. The number of hydrogen-bond donors (Lipinski definition) is 0. The Kier molecular flexibility index (Phi) is 0.991. The van der Waals surface area contributed by atoms with Crippen molar-refractivity contribution in [1.29, 1.82) is 0 Å². The second-order valence-corrected chi connectivity index (χ2v) is 3.03. The van der Waals surface area contributed by atoms with Crippen molar-refractivity contribution in [2.24, 2.45) is 0 Å². The van der Waals surface area contributed by atoms with Crippen LogP contribution in [-0.2, 0) is 0 Å². The van der Waals surface area contributed by atoms with Crippen LogP contribution in [0.15, 0.2) is 24.3 Å². The van der Waals surface area contributed by atoms with E-state index in [-0.39, 0.29) is 0 Å². The summed E-state index contributed by atoms with van der Waals surface area (Å²) in [6, 6.07) is 4.27. The maximum absolute atomic E-state index is 3.20. The van der Waals surface area contributed by atoms with Gasteiger partial charge in [-0.1, -0.05) is 29.9 Å². The van der Waals surface area contributed by atoms with Crippen LogP contribution in [0, 0.1) is 0 Å². The second kappa shape index (κ2) is 1.98. The topological polar surface area (TPSA) is 0 Å². The molecule has 0 N–H and O–H groups in total. The number of rotatable bonds is 0. The van der Waals surface area contributed by atoms with Crippen molar-refractivity contribution in [2.45, 2.75) is 0 Å². The van der Waals surface area contributed by atoms with Gasteiger partial charge in [0.25, 0.3) is 0 Å². The van der Waals surface area contributed by atoms with Crippen LogP contribution in [0.3, 0.4) is 0 Å². The number of fused-ring (bicyclic) bond motifs is 3. The summed E-state index contributed by atoms with van der Waals surface area (Å²) >= 11 is 0. The lowest BCUT2D eigenvalue weighted by atomic mass is 10.1. The minimum absolute atomic E-state index is 1.22. The highest BCUT2D eigenvalue weighted by atomic mass is 14.1. The first-order valence-corrected chi connectivity index (χ1v) is 4.07. The monoisotopic (exact) mass is 151 g/mol. The molecule has 0 saturated heterocycles. The number of benzene rings is 1. The van der Waals surface area contributed by atoms with E-state index in [9.17, 15) is 0 Å². The molecule has 56 valence electrons. The SMILES string of the molecule is [C-]1=c2ccc3c(c2C=C1)C=CC=3. The van der Waals surface area contributed by atoms with E-state index in [2.05, 4.69) is 42.5 Å². The fourth-order valence-electron chi connectivity index (χ4n) is 1.75. The predicted molar refractivity (Wildman–Crippen MR) is 51.6 cm³/mol. The standard InChI is InChI=1S/C12H7/c1-3-9-7-8-10-4-2-6-12(10)11(9)5-1/h1-3,5-8H/q-1. The van der Waals surface area contributed by atoms with Crippen molar-refractivity contribution in [3.63, 3.8) is 0 Å². The molecule has 0 radical (unpaired) electrons. The Morgan fingerprint density at radius 2 is 2.00 bits per heavy atom. The molecule has 1 aromatic carbocycles. The molecule has 0 bridgehead atoms. The van der Waals surface area contributed by atoms with Gasteiger partial charge < -0.3 is 0 Å². The van der Waals surface area contributed by atoms with Crippen LogP contribution in [0.5, 0.6) is 0 Å². The van der Waals surface area contributed by atoms with Crippen molar-refractivity contribution in [3.05, 3.63) is 45.8 Å². The summed E-state index contributed by atoms with van der Waals surface area (Å²) in [6.45, 7) is 0. The zero-order chi connectivity index (χ0) is 7.97. The van der Waals surface area contributed by atoms with Gasteiger partial charge in [0.05, 0.1) is 0 Å². The van der Waals surface area contributed by atoms with Gasteiger partial charge in [0.2, 0.25) is 0 Å². The molecule has 0 aliphatic heterocycles. The lowest BCUT2D eigenvalue weighted by Crippen LogP contribution is -2.13. The van der Waals surface area contributed by atoms with Crippen molar-refractivity contribution in [2.75, 3.05) is 0 Å². The Hall–Kier alpha value is -1.56. The summed E-state index contributed by atoms with van der Waals surface area (Å²) in [5.74, 6) is 0. The van der Waals surface area contributed by atoms with Crippen molar-refractivity contribution in [3.8, 4) is 0 Å².